The molecule has 0 bridgehead atoms. The van der Waals surface area contributed by atoms with E-state index in [4.69, 9.17) is 10.5 Å². The minimum Gasteiger partial charge on any atom is -0.494 e. The first-order valence-corrected chi connectivity index (χ1v) is 7.06. The van der Waals surface area contributed by atoms with Crippen LogP contribution in [-0.4, -0.2) is 6.61 Å². The van der Waals surface area contributed by atoms with Crippen LogP contribution >= 0.6 is 0 Å². The third-order valence-corrected chi connectivity index (χ3v) is 3.17. The van der Waals surface area contributed by atoms with Gasteiger partial charge in [-0.3, -0.25) is 0 Å². The average molecular weight is 270 g/mol. The van der Waals surface area contributed by atoms with Crippen molar-refractivity contribution in [3.63, 3.8) is 0 Å². The van der Waals surface area contributed by atoms with Crippen LogP contribution in [0.15, 0.2) is 42.5 Å². The molecule has 0 spiro atoms. The van der Waals surface area contributed by atoms with Crippen LogP contribution in [0.3, 0.4) is 0 Å². The highest BCUT2D eigenvalue weighted by Crippen LogP contribution is 2.23. The molecule has 106 valence electrons. The Morgan fingerprint density at radius 1 is 1.00 bits per heavy atom. The molecule has 0 unspecified atom stereocenters. The molecule has 2 aromatic rings. The monoisotopic (exact) mass is 270 g/mol. The van der Waals surface area contributed by atoms with E-state index in [2.05, 4.69) is 36.5 Å². The molecule has 0 radical (unpaired) electrons. The molecule has 0 amide bonds. The predicted octanol–water partition coefficient (Wildman–Crippen LogP) is 3.84. The summed E-state index contributed by atoms with van der Waals surface area (Å²) in [5.41, 5.74) is 10.2. The molecule has 0 aliphatic heterocycles. The van der Waals surface area contributed by atoms with Gasteiger partial charge in [0.15, 0.2) is 0 Å². The maximum Gasteiger partial charge on any atom is 0.123 e. The Balaban J connectivity index is 2.02. The Bertz CT molecular complexity index is 549. The van der Waals surface area contributed by atoms with Crippen LogP contribution in [0.1, 0.15) is 25.0 Å². The van der Waals surface area contributed by atoms with Crippen molar-refractivity contribution in [2.24, 2.45) is 0 Å². The van der Waals surface area contributed by atoms with Gasteiger partial charge >= 0.3 is 0 Å². The summed E-state index contributed by atoms with van der Waals surface area (Å²) in [5.74, 6) is 0.802. The molecular formula is C17H22N2O. The number of hydrogen-bond donors (Lipinski definition) is 2. The lowest BCUT2D eigenvalue weighted by molar-refractivity contribution is 0.340. The van der Waals surface area contributed by atoms with Crippen LogP contribution in [0, 0.1) is 0 Å². The number of nitrogens with one attached hydrogen (secondary N) is 1. The Kier molecular flexibility index (Phi) is 4.88. The van der Waals surface area contributed by atoms with E-state index < -0.39 is 0 Å². The second-order valence-electron chi connectivity index (χ2n) is 4.75. The summed E-state index contributed by atoms with van der Waals surface area (Å²) in [6.45, 7) is 5.54. The van der Waals surface area contributed by atoms with Crippen LogP contribution in [0.4, 0.5) is 11.4 Å². The Morgan fingerprint density at radius 3 is 2.35 bits per heavy atom. The number of nitrogens with two attached hydrogens (primary N) is 1. The van der Waals surface area contributed by atoms with Crippen molar-refractivity contribution >= 4 is 11.4 Å². The molecule has 20 heavy (non-hydrogen) atoms. The van der Waals surface area contributed by atoms with Crippen LogP contribution < -0.4 is 15.8 Å². The van der Waals surface area contributed by atoms with Gasteiger partial charge < -0.3 is 15.8 Å². The van der Waals surface area contributed by atoms with Gasteiger partial charge in [-0.25, -0.2) is 0 Å². The number of rotatable bonds is 6. The third kappa shape index (κ3) is 3.92. The normalized spacial score (nSPS) is 10.3. The van der Waals surface area contributed by atoms with Gasteiger partial charge in [0.1, 0.15) is 5.75 Å². The smallest absolute Gasteiger partial charge is 0.123 e. The molecule has 0 aliphatic carbocycles. The van der Waals surface area contributed by atoms with Gasteiger partial charge in [-0.1, -0.05) is 31.2 Å². The standard InChI is InChI=1S/C17H22N2O/c1-3-13-5-7-14(8-6-13)12-19-16-9-15(18)10-17(11-16)20-4-2/h5-11,19H,3-4,12,18H2,1-2H3. The van der Waals surface area contributed by atoms with Gasteiger partial charge in [-0.2, -0.15) is 0 Å². The van der Waals surface area contributed by atoms with E-state index in [-0.39, 0.29) is 0 Å². The molecular weight excluding hydrogens is 248 g/mol. The van der Waals surface area contributed by atoms with Crippen LogP contribution in [0.25, 0.3) is 0 Å². The van der Waals surface area contributed by atoms with Crippen molar-refractivity contribution in [1.82, 2.24) is 0 Å². The van der Waals surface area contributed by atoms with Crippen molar-refractivity contribution in [3.8, 4) is 5.75 Å². The summed E-state index contributed by atoms with van der Waals surface area (Å²) >= 11 is 0. The molecule has 0 saturated heterocycles. The lowest BCUT2D eigenvalue weighted by atomic mass is 10.1. The topological polar surface area (TPSA) is 47.3 Å². The minimum atomic E-state index is 0.640. The van der Waals surface area contributed by atoms with Crippen molar-refractivity contribution in [3.05, 3.63) is 53.6 Å². The molecule has 3 N–H and O–H groups in total. The molecule has 2 aromatic carbocycles. The second-order valence-corrected chi connectivity index (χ2v) is 4.75. The highest BCUT2D eigenvalue weighted by molar-refractivity contribution is 5.59. The molecule has 0 aliphatic rings. The number of ether oxygens (including phenoxy) is 1. The maximum atomic E-state index is 5.88. The zero-order chi connectivity index (χ0) is 14.4. The predicted molar refractivity (Wildman–Crippen MR) is 85.2 cm³/mol. The van der Waals surface area contributed by atoms with E-state index in [0.717, 1.165) is 24.4 Å². The first-order chi connectivity index (χ1) is 9.71. The van der Waals surface area contributed by atoms with Crippen molar-refractivity contribution in [2.75, 3.05) is 17.7 Å². The van der Waals surface area contributed by atoms with Gasteiger partial charge in [0, 0.05) is 30.1 Å². The zero-order valence-electron chi connectivity index (χ0n) is 12.1. The summed E-state index contributed by atoms with van der Waals surface area (Å²) in [7, 11) is 0. The zero-order valence-corrected chi connectivity index (χ0v) is 12.1. The van der Waals surface area contributed by atoms with E-state index in [1.807, 2.05) is 25.1 Å². The Hall–Kier alpha value is -2.16. The van der Waals surface area contributed by atoms with E-state index in [1.165, 1.54) is 11.1 Å². The molecule has 2 rings (SSSR count). The minimum absolute atomic E-state index is 0.640. The molecule has 3 heteroatoms. The molecule has 0 saturated carbocycles. The molecule has 0 aromatic heterocycles. The fourth-order valence-corrected chi connectivity index (χ4v) is 2.07. The van der Waals surface area contributed by atoms with E-state index in [0.29, 0.717) is 12.3 Å². The van der Waals surface area contributed by atoms with Gasteiger partial charge in [-0.05, 0) is 30.5 Å². The summed E-state index contributed by atoms with van der Waals surface area (Å²) in [5, 5.41) is 3.38. The number of nitrogen functional groups attached to an aromatic ring is 1. The maximum absolute atomic E-state index is 5.88. The first kappa shape index (κ1) is 14.3. The third-order valence-electron chi connectivity index (χ3n) is 3.17. The number of aryl methyl sites for hydroxylation is 1. The average Bonchev–Trinajstić information content (AvgIpc) is 2.45. The van der Waals surface area contributed by atoms with E-state index >= 15 is 0 Å². The summed E-state index contributed by atoms with van der Waals surface area (Å²) in [4.78, 5) is 0. The number of anilines is 2. The second kappa shape index (κ2) is 6.85. The van der Waals surface area contributed by atoms with E-state index in [9.17, 15) is 0 Å². The van der Waals surface area contributed by atoms with Crippen molar-refractivity contribution in [1.29, 1.82) is 0 Å². The van der Waals surface area contributed by atoms with Gasteiger partial charge in [0.2, 0.25) is 0 Å². The number of benzene rings is 2. The summed E-state index contributed by atoms with van der Waals surface area (Å²) in [6, 6.07) is 14.4. The SMILES string of the molecule is CCOc1cc(N)cc(NCc2ccc(CC)cc2)c1. The molecule has 0 atom stereocenters. The highest BCUT2D eigenvalue weighted by Gasteiger charge is 2.00. The summed E-state index contributed by atoms with van der Waals surface area (Å²) < 4.78 is 5.49. The van der Waals surface area contributed by atoms with Crippen LogP contribution in [0.2, 0.25) is 0 Å². The summed E-state index contributed by atoms with van der Waals surface area (Å²) in [6.07, 6.45) is 1.07. The van der Waals surface area contributed by atoms with Crippen LogP contribution in [0.5, 0.6) is 5.75 Å². The van der Waals surface area contributed by atoms with Crippen molar-refractivity contribution in [2.45, 2.75) is 26.8 Å². The Labute approximate surface area is 120 Å². The Morgan fingerprint density at radius 2 is 1.70 bits per heavy atom. The lowest BCUT2D eigenvalue weighted by Crippen LogP contribution is -2.01. The van der Waals surface area contributed by atoms with Crippen molar-refractivity contribution < 1.29 is 4.74 Å². The van der Waals surface area contributed by atoms with Gasteiger partial charge in [-0.15, -0.1) is 0 Å². The quantitative estimate of drug-likeness (QED) is 0.784. The molecule has 3 nitrogen and oxygen atoms in total. The highest BCUT2D eigenvalue weighted by atomic mass is 16.5. The number of hydrogen-bond acceptors (Lipinski definition) is 3. The molecule has 0 fully saturated rings. The first-order valence-electron chi connectivity index (χ1n) is 7.06. The van der Waals surface area contributed by atoms with Gasteiger partial charge in [0.05, 0.1) is 6.61 Å². The van der Waals surface area contributed by atoms with E-state index in [1.54, 1.807) is 0 Å². The fourth-order valence-electron chi connectivity index (χ4n) is 2.07. The van der Waals surface area contributed by atoms with Gasteiger partial charge in [0.25, 0.3) is 0 Å². The molecule has 0 heterocycles. The van der Waals surface area contributed by atoms with Crippen LogP contribution in [-0.2, 0) is 13.0 Å². The fraction of sp³-hybridized carbons (Fsp3) is 0.294. The largest absolute Gasteiger partial charge is 0.494 e. The lowest BCUT2D eigenvalue weighted by Gasteiger charge is -2.11.